The number of halogens is 1. The second kappa shape index (κ2) is 11.0. The normalized spacial score (nSPS) is 19.5. The summed E-state index contributed by atoms with van der Waals surface area (Å²) in [7, 11) is 0. The Morgan fingerprint density at radius 2 is 2.17 bits per heavy atom. The van der Waals surface area contributed by atoms with Gasteiger partial charge < -0.3 is 26.1 Å². The molecule has 2 aromatic rings. The Bertz CT molecular complexity index is 1280. The molecule has 14 nitrogen and oxygen atoms in total. The van der Waals surface area contributed by atoms with Gasteiger partial charge in [-0.15, -0.1) is 22.0 Å². The number of carbonyl (C=O) groups excluding carboxylic acids is 2. The zero-order chi connectivity index (χ0) is 26.0. The van der Waals surface area contributed by atoms with Crippen molar-refractivity contribution in [2.45, 2.75) is 15.8 Å². The van der Waals surface area contributed by atoms with Gasteiger partial charge in [-0.3, -0.25) is 14.5 Å². The van der Waals surface area contributed by atoms with Crippen LogP contribution in [0.3, 0.4) is 0 Å². The third-order valence-electron chi connectivity index (χ3n) is 4.63. The Hall–Kier alpha value is -2.93. The highest BCUT2D eigenvalue weighted by atomic mass is 35.5. The summed E-state index contributed by atoms with van der Waals surface area (Å²) in [6.07, 6.45) is 0. The summed E-state index contributed by atoms with van der Waals surface area (Å²) < 4.78 is 0.667. The van der Waals surface area contributed by atoms with E-state index in [4.69, 9.17) is 22.4 Å². The average molecular weight is 592 g/mol. The van der Waals surface area contributed by atoms with Crippen molar-refractivity contribution in [3.63, 3.8) is 0 Å². The first-order chi connectivity index (χ1) is 17.2. The molecule has 4 heterocycles. The summed E-state index contributed by atoms with van der Waals surface area (Å²) in [6.45, 7) is -0.840. The number of thiazole rings is 1. The summed E-state index contributed by atoms with van der Waals surface area (Å²) in [5.74, 6) is -3.54. The van der Waals surface area contributed by atoms with E-state index in [1.165, 1.54) is 34.9 Å². The Balaban J connectivity index is 1.51. The molecule has 0 aliphatic carbocycles. The van der Waals surface area contributed by atoms with Gasteiger partial charge in [-0.25, -0.2) is 14.6 Å². The maximum atomic E-state index is 13.0. The van der Waals surface area contributed by atoms with E-state index < -0.39 is 47.5 Å². The van der Waals surface area contributed by atoms with E-state index in [9.17, 15) is 24.3 Å². The highest BCUT2D eigenvalue weighted by Gasteiger charge is 2.54. The van der Waals surface area contributed by atoms with Gasteiger partial charge in [0.05, 0.1) is 0 Å². The van der Waals surface area contributed by atoms with Crippen LogP contribution in [0.15, 0.2) is 26.3 Å². The lowest BCUT2D eigenvalue weighted by molar-refractivity contribution is -0.150. The number of aliphatic carboxylic acids is 2. The number of anilines is 1. The largest absolute Gasteiger partial charge is 0.479 e. The summed E-state index contributed by atoms with van der Waals surface area (Å²) in [4.78, 5) is 58.4. The molecule has 2 atom stereocenters. The number of thioether (sulfide) groups is 2. The molecule has 1 fully saturated rings. The molecule has 0 unspecified atom stereocenters. The molecule has 0 bridgehead atoms. The molecule has 4 rings (SSSR count). The maximum absolute atomic E-state index is 13.0. The van der Waals surface area contributed by atoms with Crippen molar-refractivity contribution in [1.82, 2.24) is 25.4 Å². The molecule has 2 aliphatic heterocycles. The Kier molecular flexibility index (Phi) is 7.98. The number of nitrogen functional groups attached to an aromatic ring is 1. The van der Waals surface area contributed by atoms with Gasteiger partial charge in [0.2, 0.25) is 6.61 Å². The summed E-state index contributed by atoms with van der Waals surface area (Å²) in [5.41, 5.74) is 6.95. The number of hydrogen-bond donors (Lipinski definition) is 4. The lowest BCUT2D eigenvalue weighted by Crippen LogP contribution is -2.71. The molecule has 19 heteroatoms. The molecule has 36 heavy (non-hydrogen) atoms. The van der Waals surface area contributed by atoms with Gasteiger partial charge in [-0.1, -0.05) is 51.2 Å². The number of rotatable bonds is 10. The van der Waals surface area contributed by atoms with E-state index in [0.29, 0.717) is 21.4 Å². The second-order valence-corrected chi connectivity index (χ2v) is 11.7. The molecule has 2 aliphatic rings. The van der Waals surface area contributed by atoms with Crippen molar-refractivity contribution in [2.24, 2.45) is 5.16 Å². The highest BCUT2D eigenvalue weighted by Crippen LogP contribution is 2.41. The molecular formula is C17H14ClN7O7S4. The van der Waals surface area contributed by atoms with E-state index in [2.05, 4.69) is 30.5 Å². The number of hydrogen-bond acceptors (Lipinski definition) is 14. The molecule has 2 amide bonds. The minimum atomic E-state index is -1.33. The lowest BCUT2D eigenvalue weighted by Gasteiger charge is -2.49. The zero-order valence-electron chi connectivity index (χ0n) is 17.6. The van der Waals surface area contributed by atoms with Gasteiger partial charge in [-0.05, 0) is 5.57 Å². The molecule has 190 valence electrons. The number of carboxylic acid groups (broad SMARTS) is 2. The number of carboxylic acids is 2. The number of oxime groups is 1. The fraction of sp³-hybridized carbons (Fsp3) is 0.294. The zero-order valence-corrected chi connectivity index (χ0v) is 21.6. The van der Waals surface area contributed by atoms with Crippen LogP contribution in [0.4, 0.5) is 5.13 Å². The topological polar surface area (TPSA) is 210 Å². The van der Waals surface area contributed by atoms with E-state index in [0.717, 1.165) is 16.2 Å². The number of nitrogens with one attached hydrogen (secondary N) is 1. The van der Waals surface area contributed by atoms with E-state index in [1.54, 1.807) is 5.51 Å². The summed E-state index contributed by atoms with van der Waals surface area (Å²) in [5, 5.41) is 31.6. The van der Waals surface area contributed by atoms with Crippen molar-refractivity contribution in [3.05, 3.63) is 26.8 Å². The first-order valence-corrected chi connectivity index (χ1v) is 13.7. The molecular weight excluding hydrogens is 578 g/mol. The Labute approximate surface area is 222 Å². The van der Waals surface area contributed by atoms with Gasteiger partial charge in [-0.2, -0.15) is 0 Å². The second-order valence-electron chi connectivity index (χ2n) is 6.89. The minimum Gasteiger partial charge on any atom is -0.479 e. The summed E-state index contributed by atoms with van der Waals surface area (Å²) in [6, 6.07) is -1.08. The van der Waals surface area contributed by atoms with Gasteiger partial charge in [0.15, 0.2) is 15.2 Å². The van der Waals surface area contributed by atoms with Crippen LogP contribution in [-0.4, -0.2) is 89.3 Å². The number of β-lactam (4-membered cyclic amide) rings is 1. The summed E-state index contributed by atoms with van der Waals surface area (Å²) >= 11 is 10.8. The van der Waals surface area contributed by atoms with Crippen molar-refractivity contribution in [2.75, 3.05) is 23.8 Å². The van der Waals surface area contributed by atoms with E-state index >= 15 is 0 Å². The SMILES string of the molecule is Nc1nc(/C(=N/OCC(=O)O)C(=O)N[C@@H]2C(=O)N3C(C(=O)O)=C(CSc4nncs4)CS[C@H]23)c(Cl)s1. The maximum Gasteiger partial charge on any atom is 0.352 e. The van der Waals surface area contributed by atoms with Crippen LogP contribution >= 0.6 is 57.8 Å². The fourth-order valence-electron chi connectivity index (χ4n) is 3.19. The number of carbonyl (C=O) groups is 4. The Morgan fingerprint density at radius 1 is 1.39 bits per heavy atom. The molecule has 0 radical (unpaired) electrons. The molecule has 2 aromatic heterocycles. The first kappa shape index (κ1) is 26.1. The third-order valence-corrected chi connectivity index (χ3v) is 9.00. The number of nitrogens with two attached hydrogens (primary N) is 1. The standard InChI is InChI=1S/C17H14ClN7O7S4/c18-11-7(22-16(19)36-11)8(24-32-1-6(26)27)12(28)21-9-13(29)25-10(15(30)31)5(2-33-14(9)25)3-34-17-23-20-4-35-17/h4,9,14H,1-3H2,(H2,19,22)(H,21,28)(H,26,27)(H,30,31)/b24-8-/t9-,14-/m1/s1. The average Bonchev–Trinajstić information content (AvgIpc) is 3.46. The van der Waals surface area contributed by atoms with Gasteiger partial charge in [0.1, 0.15) is 32.7 Å². The minimum absolute atomic E-state index is 0.00241. The van der Waals surface area contributed by atoms with Crippen molar-refractivity contribution in [1.29, 1.82) is 0 Å². The third kappa shape index (κ3) is 5.41. The predicted molar refractivity (Wildman–Crippen MR) is 132 cm³/mol. The van der Waals surface area contributed by atoms with Gasteiger partial charge in [0.25, 0.3) is 11.8 Å². The van der Waals surface area contributed by atoms with Crippen LogP contribution in [-0.2, 0) is 24.0 Å². The highest BCUT2D eigenvalue weighted by molar-refractivity contribution is 8.01. The van der Waals surface area contributed by atoms with Crippen molar-refractivity contribution >= 4 is 92.4 Å². The van der Waals surface area contributed by atoms with Crippen LogP contribution in [0.1, 0.15) is 5.69 Å². The predicted octanol–water partition coefficient (Wildman–Crippen LogP) is 0.566. The van der Waals surface area contributed by atoms with Crippen LogP contribution < -0.4 is 11.1 Å². The molecule has 1 saturated heterocycles. The lowest BCUT2D eigenvalue weighted by atomic mass is 10.0. The smallest absolute Gasteiger partial charge is 0.352 e. The molecule has 0 saturated carbocycles. The molecule has 5 N–H and O–H groups in total. The number of aromatic nitrogens is 3. The van der Waals surface area contributed by atoms with Crippen LogP contribution in [0, 0.1) is 0 Å². The van der Waals surface area contributed by atoms with Crippen molar-refractivity contribution < 1.29 is 34.2 Å². The van der Waals surface area contributed by atoms with Crippen molar-refractivity contribution in [3.8, 4) is 0 Å². The number of amides is 2. The quantitative estimate of drug-likeness (QED) is 0.129. The Morgan fingerprint density at radius 3 is 2.78 bits per heavy atom. The first-order valence-electron chi connectivity index (χ1n) is 9.61. The number of fused-ring (bicyclic) bond motifs is 1. The monoisotopic (exact) mass is 591 g/mol. The van der Waals surface area contributed by atoms with Gasteiger partial charge >= 0.3 is 11.9 Å². The van der Waals surface area contributed by atoms with E-state index in [-0.39, 0.29) is 20.9 Å². The van der Waals surface area contributed by atoms with Crippen LogP contribution in [0.2, 0.25) is 4.34 Å². The van der Waals surface area contributed by atoms with Crippen LogP contribution in [0.25, 0.3) is 0 Å². The molecule has 0 aromatic carbocycles. The molecule has 0 spiro atoms. The van der Waals surface area contributed by atoms with Gasteiger partial charge in [0, 0.05) is 11.5 Å². The van der Waals surface area contributed by atoms with E-state index in [1.807, 2.05) is 0 Å². The van der Waals surface area contributed by atoms with Crippen LogP contribution in [0.5, 0.6) is 0 Å². The fourth-order valence-corrected chi connectivity index (χ4v) is 7.09. The number of nitrogens with zero attached hydrogens (tertiary/aromatic N) is 5.